The first-order valence-electron chi connectivity index (χ1n) is 4.16. The lowest BCUT2D eigenvalue weighted by molar-refractivity contribution is -0.127. The van der Waals surface area contributed by atoms with E-state index in [0.717, 1.165) is 0 Å². The van der Waals surface area contributed by atoms with Crippen LogP contribution in [0.2, 0.25) is 0 Å². The fourth-order valence-electron chi connectivity index (χ4n) is 0.592. The molecular formula is C9H16N2O2. The molecule has 0 saturated carbocycles. The summed E-state index contributed by atoms with van der Waals surface area (Å²) in [7, 11) is 1.58. The highest BCUT2D eigenvalue weighted by molar-refractivity contribution is 5.84. The van der Waals surface area contributed by atoms with Crippen molar-refractivity contribution in [2.24, 2.45) is 5.41 Å². The average Bonchev–Trinajstić information content (AvgIpc) is 2.13. The van der Waals surface area contributed by atoms with Gasteiger partial charge in [0.1, 0.15) is 5.41 Å². The molecule has 0 aromatic rings. The van der Waals surface area contributed by atoms with Crippen LogP contribution in [0.25, 0.3) is 0 Å². The third kappa shape index (κ3) is 3.90. The van der Waals surface area contributed by atoms with E-state index in [2.05, 4.69) is 5.32 Å². The Labute approximate surface area is 78.9 Å². The largest absolute Gasteiger partial charge is 0.380 e. The van der Waals surface area contributed by atoms with E-state index in [-0.39, 0.29) is 12.0 Å². The molecule has 0 aromatic carbocycles. The summed E-state index contributed by atoms with van der Waals surface area (Å²) >= 11 is 0. The maximum absolute atomic E-state index is 11.3. The Balaban J connectivity index is 3.97. The summed E-state index contributed by atoms with van der Waals surface area (Å²) in [6.45, 7) is 5.44. The molecule has 1 atom stereocenters. The van der Waals surface area contributed by atoms with E-state index in [1.807, 2.05) is 13.0 Å². The molecule has 0 bridgehead atoms. The number of methoxy groups -OCH3 is 1. The van der Waals surface area contributed by atoms with Crippen molar-refractivity contribution in [3.05, 3.63) is 0 Å². The first kappa shape index (κ1) is 11.9. The lowest BCUT2D eigenvalue weighted by Gasteiger charge is -2.17. The molecule has 74 valence electrons. The lowest BCUT2D eigenvalue weighted by atomic mass is 9.95. The quantitative estimate of drug-likeness (QED) is 0.699. The Kier molecular flexibility index (Phi) is 4.43. The van der Waals surface area contributed by atoms with E-state index in [1.165, 1.54) is 0 Å². The minimum absolute atomic E-state index is 0.0292. The zero-order chi connectivity index (χ0) is 10.5. The second-order valence-corrected chi connectivity index (χ2v) is 3.49. The summed E-state index contributed by atoms with van der Waals surface area (Å²) in [5.74, 6) is -0.265. The van der Waals surface area contributed by atoms with Gasteiger partial charge in [0.15, 0.2) is 0 Å². The number of ether oxygens (including phenoxy) is 1. The van der Waals surface area contributed by atoms with Gasteiger partial charge in [0.05, 0.1) is 12.2 Å². The minimum Gasteiger partial charge on any atom is -0.380 e. The monoisotopic (exact) mass is 184 g/mol. The second kappa shape index (κ2) is 4.83. The van der Waals surface area contributed by atoms with Gasteiger partial charge in [0.25, 0.3) is 0 Å². The molecule has 0 spiro atoms. The van der Waals surface area contributed by atoms with E-state index in [4.69, 9.17) is 10.00 Å². The molecule has 1 N–H and O–H groups in total. The van der Waals surface area contributed by atoms with Crippen molar-refractivity contribution in [3.63, 3.8) is 0 Å². The predicted octanol–water partition coefficient (Wildman–Crippen LogP) is 0.687. The number of carbonyl (C=O) groups is 1. The topological polar surface area (TPSA) is 62.1 Å². The summed E-state index contributed by atoms with van der Waals surface area (Å²) in [5, 5.41) is 11.3. The van der Waals surface area contributed by atoms with Gasteiger partial charge >= 0.3 is 0 Å². The third-order valence-electron chi connectivity index (χ3n) is 1.80. The van der Waals surface area contributed by atoms with Crippen LogP contribution < -0.4 is 5.32 Å². The van der Waals surface area contributed by atoms with Crippen molar-refractivity contribution < 1.29 is 9.53 Å². The molecule has 0 rings (SSSR count). The first-order chi connectivity index (χ1) is 5.94. The van der Waals surface area contributed by atoms with Crippen molar-refractivity contribution in [1.82, 2.24) is 5.32 Å². The van der Waals surface area contributed by atoms with Crippen LogP contribution >= 0.6 is 0 Å². The summed E-state index contributed by atoms with van der Waals surface area (Å²) in [5.41, 5.74) is -0.965. The van der Waals surface area contributed by atoms with Crippen LogP contribution in [0.4, 0.5) is 0 Å². The van der Waals surface area contributed by atoms with E-state index in [1.54, 1.807) is 21.0 Å². The number of amides is 1. The maximum Gasteiger partial charge on any atom is 0.239 e. The molecule has 0 aliphatic heterocycles. The van der Waals surface area contributed by atoms with Crippen LogP contribution in [-0.2, 0) is 9.53 Å². The molecule has 13 heavy (non-hydrogen) atoms. The molecule has 0 radical (unpaired) electrons. The fourth-order valence-corrected chi connectivity index (χ4v) is 0.592. The van der Waals surface area contributed by atoms with Crippen molar-refractivity contribution in [2.75, 3.05) is 13.7 Å². The number of nitrogens with zero attached hydrogens (tertiary/aromatic N) is 1. The van der Waals surface area contributed by atoms with Crippen molar-refractivity contribution >= 4 is 5.91 Å². The second-order valence-electron chi connectivity index (χ2n) is 3.49. The van der Waals surface area contributed by atoms with Crippen LogP contribution in [0, 0.1) is 16.7 Å². The van der Waals surface area contributed by atoms with Gasteiger partial charge in [0.2, 0.25) is 5.91 Å². The average molecular weight is 184 g/mol. The highest BCUT2D eigenvalue weighted by atomic mass is 16.5. The summed E-state index contributed by atoms with van der Waals surface area (Å²) < 4.78 is 4.95. The molecule has 4 heteroatoms. The molecule has 0 saturated heterocycles. The summed E-state index contributed by atoms with van der Waals surface area (Å²) in [4.78, 5) is 11.3. The summed E-state index contributed by atoms with van der Waals surface area (Å²) in [6, 6.07) is 1.93. The Bertz CT molecular complexity index is 218. The minimum atomic E-state index is -0.965. The van der Waals surface area contributed by atoms with E-state index in [9.17, 15) is 4.79 Å². The van der Waals surface area contributed by atoms with Crippen LogP contribution in [0.3, 0.4) is 0 Å². The highest BCUT2D eigenvalue weighted by Gasteiger charge is 2.26. The van der Waals surface area contributed by atoms with Crippen molar-refractivity contribution in [2.45, 2.75) is 26.9 Å². The first-order valence-corrected chi connectivity index (χ1v) is 4.16. The Hall–Kier alpha value is -1.08. The van der Waals surface area contributed by atoms with Gasteiger partial charge in [-0.2, -0.15) is 5.26 Å². The Morgan fingerprint density at radius 2 is 2.23 bits per heavy atom. The molecule has 1 amide bonds. The van der Waals surface area contributed by atoms with Gasteiger partial charge in [-0.05, 0) is 20.8 Å². The van der Waals surface area contributed by atoms with Gasteiger partial charge < -0.3 is 10.1 Å². The van der Waals surface area contributed by atoms with Gasteiger partial charge in [0, 0.05) is 13.7 Å². The summed E-state index contributed by atoms with van der Waals surface area (Å²) in [6.07, 6.45) is -0.0292. The number of carbonyl (C=O) groups excluding carboxylic acids is 1. The Morgan fingerprint density at radius 3 is 2.62 bits per heavy atom. The number of nitriles is 1. The van der Waals surface area contributed by atoms with E-state index in [0.29, 0.717) is 6.54 Å². The molecule has 0 fully saturated rings. The van der Waals surface area contributed by atoms with E-state index < -0.39 is 5.41 Å². The van der Waals surface area contributed by atoms with Crippen LogP contribution in [-0.4, -0.2) is 25.7 Å². The normalized spacial score (nSPS) is 13.2. The standard InChI is InChI=1S/C9H16N2O2/c1-7(13-4)5-11-8(12)9(2,3)6-10/h7H,5H2,1-4H3,(H,11,12). The molecule has 0 heterocycles. The third-order valence-corrected chi connectivity index (χ3v) is 1.80. The maximum atomic E-state index is 11.3. The molecular weight excluding hydrogens is 168 g/mol. The number of hydrogen-bond acceptors (Lipinski definition) is 3. The van der Waals surface area contributed by atoms with E-state index >= 15 is 0 Å². The van der Waals surface area contributed by atoms with Gasteiger partial charge in [-0.1, -0.05) is 0 Å². The van der Waals surface area contributed by atoms with Crippen LogP contribution in [0.1, 0.15) is 20.8 Å². The highest BCUT2D eigenvalue weighted by Crippen LogP contribution is 2.12. The van der Waals surface area contributed by atoms with Gasteiger partial charge in [-0.15, -0.1) is 0 Å². The number of nitrogens with one attached hydrogen (secondary N) is 1. The lowest BCUT2D eigenvalue weighted by Crippen LogP contribution is -2.39. The molecule has 0 aromatic heterocycles. The smallest absolute Gasteiger partial charge is 0.239 e. The fraction of sp³-hybridized carbons (Fsp3) is 0.778. The van der Waals surface area contributed by atoms with Crippen LogP contribution in [0.5, 0.6) is 0 Å². The SMILES string of the molecule is COC(C)CNC(=O)C(C)(C)C#N. The van der Waals surface area contributed by atoms with Crippen LogP contribution in [0.15, 0.2) is 0 Å². The zero-order valence-electron chi connectivity index (χ0n) is 8.55. The zero-order valence-corrected chi connectivity index (χ0v) is 8.55. The van der Waals surface area contributed by atoms with Gasteiger partial charge in [-0.3, -0.25) is 4.79 Å². The Morgan fingerprint density at radius 1 is 1.69 bits per heavy atom. The van der Waals surface area contributed by atoms with Gasteiger partial charge in [-0.25, -0.2) is 0 Å². The van der Waals surface area contributed by atoms with Crippen molar-refractivity contribution in [3.8, 4) is 6.07 Å². The molecule has 0 aliphatic rings. The number of hydrogen-bond donors (Lipinski definition) is 1. The molecule has 4 nitrogen and oxygen atoms in total. The molecule has 1 unspecified atom stereocenters. The number of rotatable bonds is 4. The molecule has 0 aliphatic carbocycles. The van der Waals surface area contributed by atoms with Crippen molar-refractivity contribution in [1.29, 1.82) is 5.26 Å². The predicted molar refractivity (Wildman–Crippen MR) is 48.9 cm³/mol.